The van der Waals surface area contributed by atoms with Crippen molar-refractivity contribution in [2.45, 2.75) is 4.90 Å². The second-order valence-corrected chi connectivity index (χ2v) is 6.45. The molecule has 1 aromatic carbocycles. The van der Waals surface area contributed by atoms with Gasteiger partial charge in [-0.25, -0.2) is 13.4 Å². The van der Waals surface area contributed by atoms with Gasteiger partial charge in [-0.2, -0.15) is 0 Å². The van der Waals surface area contributed by atoms with E-state index in [1.54, 1.807) is 5.01 Å². The van der Waals surface area contributed by atoms with Gasteiger partial charge >= 0.3 is 0 Å². The van der Waals surface area contributed by atoms with Crippen molar-refractivity contribution >= 4 is 15.7 Å². The Morgan fingerprint density at radius 1 is 1.25 bits per heavy atom. The number of nitrogen functional groups attached to an aromatic ring is 1. The maximum absolute atomic E-state index is 12.3. The molecule has 0 unspecified atom stereocenters. The number of benzene rings is 1. The van der Waals surface area contributed by atoms with E-state index < -0.39 is 10.0 Å². The number of piperazine rings is 1. The lowest BCUT2D eigenvalue weighted by Gasteiger charge is -2.32. The van der Waals surface area contributed by atoms with Gasteiger partial charge in [0, 0.05) is 32.2 Å². The van der Waals surface area contributed by atoms with Crippen LogP contribution in [0.2, 0.25) is 0 Å². The molecular formula is C12H20N4O3S. The zero-order chi connectivity index (χ0) is 14.8. The molecule has 0 aromatic heterocycles. The molecule has 7 nitrogen and oxygen atoms in total. The summed E-state index contributed by atoms with van der Waals surface area (Å²) in [5.41, 5.74) is 6.09. The summed E-state index contributed by atoms with van der Waals surface area (Å²) < 4.78 is 29.6. The quantitative estimate of drug-likeness (QED) is 0.744. The van der Waals surface area contributed by atoms with Crippen molar-refractivity contribution in [3.05, 3.63) is 18.2 Å². The standard InChI is InChI=1S/C12H20N4O3S/c1-15-5-7-16(8-6-15)14-20(17,18)10-3-4-11(13)12(9-10)19-2/h3-4,9,14H,5-8,13H2,1-2H3. The van der Waals surface area contributed by atoms with Gasteiger partial charge in [0.05, 0.1) is 17.7 Å². The van der Waals surface area contributed by atoms with Crippen LogP contribution >= 0.6 is 0 Å². The van der Waals surface area contributed by atoms with Crippen molar-refractivity contribution in [2.75, 3.05) is 46.1 Å². The van der Waals surface area contributed by atoms with Crippen LogP contribution in [0.5, 0.6) is 5.75 Å². The molecule has 0 atom stereocenters. The molecule has 0 spiro atoms. The van der Waals surface area contributed by atoms with Crippen LogP contribution in [-0.4, -0.2) is 58.7 Å². The van der Waals surface area contributed by atoms with E-state index in [1.807, 2.05) is 7.05 Å². The molecule has 112 valence electrons. The largest absolute Gasteiger partial charge is 0.495 e. The fraction of sp³-hybridized carbons (Fsp3) is 0.500. The van der Waals surface area contributed by atoms with Gasteiger partial charge in [-0.05, 0) is 19.2 Å². The SMILES string of the molecule is COc1cc(S(=O)(=O)NN2CCN(C)CC2)ccc1N. The molecule has 1 heterocycles. The van der Waals surface area contributed by atoms with E-state index in [9.17, 15) is 8.42 Å². The van der Waals surface area contributed by atoms with E-state index in [4.69, 9.17) is 10.5 Å². The van der Waals surface area contributed by atoms with E-state index in [-0.39, 0.29) is 4.90 Å². The lowest BCUT2D eigenvalue weighted by molar-refractivity contribution is 0.135. The second-order valence-electron chi connectivity index (χ2n) is 4.79. The molecule has 2 rings (SSSR count). The van der Waals surface area contributed by atoms with Crippen molar-refractivity contribution in [3.8, 4) is 5.75 Å². The Labute approximate surface area is 119 Å². The monoisotopic (exact) mass is 300 g/mol. The highest BCUT2D eigenvalue weighted by atomic mass is 32.2. The molecule has 1 aromatic rings. The number of sulfonamides is 1. The normalized spacial score (nSPS) is 18.1. The molecule has 0 saturated carbocycles. The predicted molar refractivity (Wildman–Crippen MR) is 76.8 cm³/mol. The molecule has 8 heteroatoms. The number of hydrogen-bond donors (Lipinski definition) is 2. The summed E-state index contributed by atoms with van der Waals surface area (Å²) in [6, 6.07) is 4.42. The van der Waals surface area contributed by atoms with E-state index in [1.165, 1.54) is 25.3 Å². The Morgan fingerprint density at radius 3 is 2.50 bits per heavy atom. The van der Waals surface area contributed by atoms with Crippen LogP contribution in [0, 0.1) is 0 Å². The Kier molecular flexibility index (Phi) is 4.48. The molecule has 1 saturated heterocycles. The summed E-state index contributed by atoms with van der Waals surface area (Å²) >= 11 is 0. The maximum atomic E-state index is 12.3. The molecule has 3 N–H and O–H groups in total. The number of hydrazine groups is 1. The number of nitrogens with one attached hydrogen (secondary N) is 1. The lowest BCUT2D eigenvalue weighted by atomic mass is 10.3. The molecule has 1 aliphatic heterocycles. The fourth-order valence-corrected chi connectivity index (χ4v) is 3.12. The average Bonchev–Trinajstić information content (AvgIpc) is 2.41. The van der Waals surface area contributed by atoms with Gasteiger partial charge in [0.25, 0.3) is 10.0 Å². The molecule has 0 amide bonds. The third-order valence-electron chi connectivity index (χ3n) is 3.27. The van der Waals surface area contributed by atoms with Gasteiger partial charge in [0.15, 0.2) is 0 Å². The van der Waals surface area contributed by atoms with Crippen LogP contribution in [0.3, 0.4) is 0 Å². The van der Waals surface area contributed by atoms with Gasteiger partial charge in [0.2, 0.25) is 0 Å². The summed E-state index contributed by atoms with van der Waals surface area (Å²) in [5.74, 6) is 0.353. The number of nitrogens with zero attached hydrogens (tertiary/aromatic N) is 2. The molecule has 20 heavy (non-hydrogen) atoms. The summed E-state index contributed by atoms with van der Waals surface area (Å²) in [4.78, 5) is 4.88. The third-order valence-corrected chi connectivity index (χ3v) is 4.64. The molecular weight excluding hydrogens is 280 g/mol. The maximum Gasteiger partial charge on any atom is 0.253 e. The first kappa shape index (κ1) is 15.0. The van der Waals surface area contributed by atoms with Crippen molar-refractivity contribution in [3.63, 3.8) is 0 Å². The van der Waals surface area contributed by atoms with Crippen molar-refractivity contribution in [1.82, 2.24) is 14.7 Å². The van der Waals surface area contributed by atoms with Crippen LogP contribution < -0.4 is 15.3 Å². The summed E-state index contributed by atoms with van der Waals surface area (Å²) in [6.07, 6.45) is 0. The van der Waals surface area contributed by atoms with Gasteiger partial charge in [0.1, 0.15) is 5.75 Å². The zero-order valence-corrected chi connectivity index (χ0v) is 12.5. The third kappa shape index (κ3) is 3.40. The van der Waals surface area contributed by atoms with Gasteiger partial charge in [-0.15, -0.1) is 4.83 Å². The first-order valence-electron chi connectivity index (χ1n) is 6.32. The molecule has 0 aliphatic carbocycles. The predicted octanol–water partition coefficient (Wildman–Crippen LogP) is -0.282. The fourth-order valence-electron chi connectivity index (χ4n) is 1.98. The smallest absolute Gasteiger partial charge is 0.253 e. The molecule has 0 radical (unpaired) electrons. The Bertz CT molecular complexity index is 568. The summed E-state index contributed by atoms with van der Waals surface area (Å²) in [5, 5.41) is 1.71. The minimum absolute atomic E-state index is 0.141. The van der Waals surface area contributed by atoms with Crippen LogP contribution in [0.4, 0.5) is 5.69 Å². The van der Waals surface area contributed by atoms with E-state index in [2.05, 4.69) is 9.73 Å². The highest BCUT2D eigenvalue weighted by Gasteiger charge is 2.22. The number of anilines is 1. The van der Waals surface area contributed by atoms with E-state index in [0.717, 1.165) is 13.1 Å². The van der Waals surface area contributed by atoms with Gasteiger partial charge < -0.3 is 15.4 Å². The van der Waals surface area contributed by atoms with E-state index >= 15 is 0 Å². The second kappa shape index (κ2) is 5.96. The minimum atomic E-state index is -3.60. The Morgan fingerprint density at radius 2 is 1.90 bits per heavy atom. The number of ether oxygens (including phenoxy) is 1. The topological polar surface area (TPSA) is 87.9 Å². The van der Waals surface area contributed by atoms with Crippen LogP contribution in [0.1, 0.15) is 0 Å². The first-order valence-corrected chi connectivity index (χ1v) is 7.80. The van der Waals surface area contributed by atoms with Crippen LogP contribution in [-0.2, 0) is 10.0 Å². The molecule has 1 fully saturated rings. The molecule has 0 bridgehead atoms. The minimum Gasteiger partial charge on any atom is -0.495 e. The average molecular weight is 300 g/mol. The molecule has 1 aliphatic rings. The Balaban J connectivity index is 2.14. The van der Waals surface area contributed by atoms with Gasteiger partial charge in [-0.1, -0.05) is 0 Å². The zero-order valence-electron chi connectivity index (χ0n) is 11.7. The number of hydrogen-bond acceptors (Lipinski definition) is 6. The first-order chi connectivity index (χ1) is 9.42. The van der Waals surface area contributed by atoms with Crippen molar-refractivity contribution in [1.29, 1.82) is 0 Å². The van der Waals surface area contributed by atoms with Crippen molar-refractivity contribution < 1.29 is 13.2 Å². The lowest BCUT2D eigenvalue weighted by Crippen LogP contribution is -2.52. The van der Waals surface area contributed by atoms with Gasteiger partial charge in [-0.3, -0.25) is 0 Å². The summed E-state index contributed by atoms with van der Waals surface area (Å²) in [6.45, 7) is 2.96. The van der Waals surface area contributed by atoms with Crippen molar-refractivity contribution in [2.24, 2.45) is 0 Å². The number of nitrogens with two attached hydrogens (primary N) is 1. The van der Waals surface area contributed by atoms with Crippen LogP contribution in [0.25, 0.3) is 0 Å². The number of rotatable bonds is 4. The number of likely N-dealkylation sites (N-methyl/N-ethyl adjacent to an activating group) is 1. The highest BCUT2D eigenvalue weighted by molar-refractivity contribution is 7.89. The number of methoxy groups -OCH3 is 1. The van der Waals surface area contributed by atoms with Crippen LogP contribution in [0.15, 0.2) is 23.1 Å². The summed E-state index contributed by atoms with van der Waals surface area (Å²) in [7, 11) is -0.140. The highest BCUT2D eigenvalue weighted by Crippen LogP contribution is 2.24. The Hall–Kier alpha value is -1.35. The van der Waals surface area contributed by atoms with E-state index in [0.29, 0.717) is 24.5 Å².